The molecule has 0 spiro atoms. The molecule has 0 heterocycles. The van der Waals surface area contributed by atoms with Crippen molar-refractivity contribution in [2.24, 2.45) is 0 Å². The van der Waals surface area contributed by atoms with E-state index < -0.39 is 5.97 Å². The predicted molar refractivity (Wildman–Crippen MR) is 47.1 cm³/mol. The van der Waals surface area contributed by atoms with Crippen LogP contribution < -0.4 is 0 Å². The van der Waals surface area contributed by atoms with E-state index in [0.717, 1.165) is 12.0 Å². The summed E-state index contributed by atoms with van der Waals surface area (Å²) in [5.41, 5.74) is 1.31. The minimum Gasteiger partial charge on any atom is -0.478 e. The lowest BCUT2D eigenvalue weighted by atomic mass is 10.1. The normalized spacial score (nSPS) is 9.75. The quantitative estimate of drug-likeness (QED) is 0.742. The first kappa shape index (κ1) is 8.78. The van der Waals surface area contributed by atoms with E-state index in [2.05, 4.69) is 0 Å². The van der Waals surface area contributed by atoms with Crippen molar-refractivity contribution in [3.63, 3.8) is 0 Å². The van der Waals surface area contributed by atoms with Crippen molar-refractivity contribution >= 4 is 5.97 Å². The van der Waals surface area contributed by atoms with Crippen LogP contribution in [-0.2, 0) is 0 Å². The topological polar surface area (TPSA) is 37.3 Å². The molecule has 2 heteroatoms. The smallest absolute Gasteiger partial charge is 0.335 e. The van der Waals surface area contributed by atoms with Gasteiger partial charge in [-0.05, 0) is 30.5 Å². The van der Waals surface area contributed by atoms with Gasteiger partial charge in [-0.2, -0.15) is 0 Å². The van der Waals surface area contributed by atoms with Crippen molar-refractivity contribution < 1.29 is 9.90 Å². The van der Waals surface area contributed by atoms with Gasteiger partial charge in [0.1, 0.15) is 0 Å². The fraction of sp³-hybridized carbons (Fsp3) is 0.200. The minimum atomic E-state index is -0.874. The number of aromatic carboxylic acids is 1. The van der Waals surface area contributed by atoms with Gasteiger partial charge < -0.3 is 5.11 Å². The molecule has 1 aromatic carbocycles. The third-order valence-electron chi connectivity index (χ3n) is 1.57. The van der Waals surface area contributed by atoms with Crippen molar-refractivity contribution in [2.75, 3.05) is 0 Å². The Bertz CT molecular complexity index is 279. The lowest BCUT2D eigenvalue weighted by molar-refractivity contribution is 0.0697. The number of hydrogen-bond donors (Lipinski definition) is 1. The molecule has 0 bridgehead atoms. The molecule has 0 amide bonds. The number of hydrogen-bond acceptors (Lipinski definition) is 1. The molecule has 0 aromatic heterocycles. The largest absolute Gasteiger partial charge is 0.478 e. The fourth-order valence-corrected chi connectivity index (χ4v) is 1.03. The summed E-state index contributed by atoms with van der Waals surface area (Å²) in [6.07, 6.45) is 2.91. The van der Waals surface area contributed by atoms with E-state index in [1.807, 2.05) is 19.4 Å². The lowest BCUT2D eigenvalue weighted by Crippen LogP contribution is -1.96. The van der Waals surface area contributed by atoms with Crippen molar-refractivity contribution in [3.05, 3.63) is 41.8 Å². The highest BCUT2D eigenvalue weighted by molar-refractivity contribution is 5.87. The van der Waals surface area contributed by atoms with Gasteiger partial charge in [-0.15, -0.1) is 0 Å². The van der Waals surface area contributed by atoms with Gasteiger partial charge in [0.2, 0.25) is 0 Å². The van der Waals surface area contributed by atoms with Crippen LogP contribution in [0.25, 0.3) is 0 Å². The summed E-state index contributed by atoms with van der Waals surface area (Å²) >= 11 is 0. The van der Waals surface area contributed by atoms with Crippen LogP contribution in [0, 0.1) is 6.42 Å². The fourth-order valence-electron chi connectivity index (χ4n) is 1.03. The third-order valence-corrected chi connectivity index (χ3v) is 1.57. The van der Waals surface area contributed by atoms with Gasteiger partial charge in [-0.25, -0.2) is 4.79 Å². The molecule has 1 aromatic rings. The van der Waals surface area contributed by atoms with E-state index in [1.54, 1.807) is 18.2 Å². The van der Waals surface area contributed by atoms with Crippen molar-refractivity contribution in [1.29, 1.82) is 0 Å². The number of carboxylic acid groups (broad SMARTS) is 1. The molecule has 1 radical (unpaired) electrons. The zero-order chi connectivity index (χ0) is 8.97. The maximum absolute atomic E-state index is 10.5. The van der Waals surface area contributed by atoms with Gasteiger partial charge in [0.05, 0.1) is 5.56 Å². The van der Waals surface area contributed by atoms with Gasteiger partial charge in [0.15, 0.2) is 0 Å². The molecular weight excluding hydrogens is 152 g/mol. The van der Waals surface area contributed by atoms with Gasteiger partial charge in [-0.3, -0.25) is 0 Å². The number of benzene rings is 1. The second-order valence-corrected chi connectivity index (χ2v) is 2.54. The van der Waals surface area contributed by atoms with E-state index >= 15 is 0 Å². The molecule has 63 valence electrons. The molecule has 1 rings (SSSR count). The molecule has 0 aliphatic heterocycles. The first-order chi connectivity index (χ1) is 5.74. The van der Waals surface area contributed by atoms with Gasteiger partial charge in [0, 0.05) is 0 Å². The molecule has 0 unspecified atom stereocenters. The number of carbonyl (C=O) groups is 1. The van der Waals surface area contributed by atoms with Crippen LogP contribution >= 0.6 is 0 Å². The molecule has 0 aliphatic rings. The summed E-state index contributed by atoms with van der Waals surface area (Å²) in [6.45, 7) is 2.02. The van der Waals surface area contributed by atoms with E-state index in [4.69, 9.17) is 5.11 Å². The van der Waals surface area contributed by atoms with Gasteiger partial charge in [0.25, 0.3) is 0 Å². The minimum absolute atomic E-state index is 0.345. The van der Waals surface area contributed by atoms with E-state index in [-0.39, 0.29) is 0 Å². The first-order valence-corrected chi connectivity index (χ1v) is 3.90. The molecule has 1 N–H and O–H groups in total. The zero-order valence-corrected chi connectivity index (χ0v) is 6.95. The molecule has 2 nitrogen and oxygen atoms in total. The van der Waals surface area contributed by atoms with Crippen LogP contribution in [0.1, 0.15) is 29.3 Å². The van der Waals surface area contributed by atoms with Crippen molar-refractivity contribution in [2.45, 2.75) is 13.3 Å². The monoisotopic (exact) mass is 163 g/mol. The van der Waals surface area contributed by atoms with E-state index in [1.165, 1.54) is 0 Å². The van der Waals surface area contributed by atoms with Crippen LogP contribution in [0.15, 0.2) is 24.3 Å². The predicted octanol–water partition coefficient (Wildman–Crippen LogP) is 2.35. The summed E-state index contributed by atoms with van der Waals surface area (Å²) < 4.78 is 0. The average Bonchev–Trinajstić information content (AvgIpc) is 2.05. The number of carboxylic acids is 1. The lowest BCUT2D eigenvalue weighted by Gasteiger charge is -1.98. The maximum Gasteiger partial charge on any atom is 0.335 e. The zero-order valence-electron chi connectivity index (χ0n) is 6.95. The second kappa shape index (κ2) is 3.90. The molecule has 0 aliphatic carbocycles. The summed E-state index contributed by atoms with van der Waals surface area (Å²) in [7, 11) is 0. The van der Waals surface area contributed by atoms with Gasteiger partial charge >= 0.3 is 5.97 Å². The highest BCUT2D eigenvalue weighted by atomic mass is 16.4. The first-order valence-electron chi connectivity index (χ1n) is 3.90. The Morgan fingerprint density at radius 1 is 1.58 bits per heavy atom. The van der Waals surface area contributed by atoms with Crippen LogP contribution in [0.4, 0.5) is 0 Å². The maximum atomic E-state index is 10.5. The van der Waals surface area contributed by atoms with Crippen LogP contribution in [0.2, 0.25) is 0 Å². The van der Waals surface area contributed by atoms with Crippen molar-refractivity contribution in [3.8, 4) is 0 Å². The van der Waals surface area contributed by atoms with Gasteiger partial charge in [-0.1, -0.05) is 19.1 Å². The molecule has 12 heavy (non-hydrogen) atoms. The van der Waals surface area contributed by atoms with Crippen molar-refractivity contribution in [1.82, 2.24) is 0 Å². The summed E-state index contributed by atoms with van der Waals surface area (Å²) in [5, 5.41) is 8.66. The summed E-state index contributed by atoms with van der Waals surface area (Å²) in [5.74, 6) is -0.874. The number of rotatable bonds is 3. The SMILES string of the molecule is CC[CH]c1cccc(C(=O)O)c1. The third kappa shape index (κ3) is 2.09. The Hall–Kier alpha value is -1.31. The Morgan fingerprint density at radius 3 is 2.92 bits per heavy atom. The van der Waals surface area contributed by atoms with Crippen LogP contribution in [0.5, 0.6) is 0 Å². The summed E-state index contributed by atoms with van der Waals surface area (Å²) in [6, 6.07) is 6.92. The second-order valence-electron chi connectivity index (χ2n) is 2.54. The Kier molecular flexibility index (Phi) is 2.86. The highest BCUT2D eigenvalue weighted by Crippen LogP contribution is 2.08. The highest BCUT2D eigenvalue weighted by Gasteiger charge is 2.01. The molecule has 0 saturated carbocycles. The molecule has 0 fully saturated rings. The standard InChI is InChI=1S/C10H11O2/c1-2-4-8-5-3-6-9(7-8)10(11)12/h3-7H,2H2,1H3,(H,11,12). The van der Waals surface area contributed by atoms with Crippen LogP contribution in [0.3, 0.4) is 0 Å². The molecule has 0 saturated heterocycles. The van der Waals surface area contributed by atoms with Crippen LogP contribution in [-0.4, -0.2) is 11.1 Å². The Balaban J connectivity index is 2.88. The Morgan fingerprint density at radius 2 is 2.33 bits per heavy atom. The molecular formula is C10H11O2. The molecule has 0 atom stereocenters. The average molecular weight is 163 g/mol. The van der Waals surface area contributed by atoms with E-state index in [9.17, 15) is 4.79 Å². The Labute approximate surface area is 71.8 Å². The van der Waals surface area contributed by atoms with E-state index in [0.29, 0.717) is 5.56 Å². The summed E-state index contributed by atoms with van der Waals surface area (Å²) in [4.78, 5) is 10.5.